The Balaban J connectivity index is 2.96. The monoisotopic (exact) mass is 275 g/mol. The van der Waals surface area contributed by atoms with Crippen LogP contribution in [-0.2, 0) is 10.0 Å². The Bertz CT molecular complexity index is 528. The molecule has 0 saturated carbocycles. The van der Waals surface area contributed by atoms with Crippen LogP contribution in [0.15, 0.2) is 23.1 Å². The van der Waals surface area contributed by atoms with E-state index < -0.39 is 22.2 Å². The molecule has 0 amide bonds. The summed E-state index contributed by atoms with van der Waals surface area (Å²) in [7, 11) is -3.81. The molecule has 1 atom stereocenters. The van der Waals surface area contributed by atoms with Gasteiger partial charge < -0.3 is 21.3 Å². The predicted octanol–water partition coefficient (Wildman–Crippen LogP) is -0.929. The van der Waals surface area contributed by atoms with Crippen molar-refractivity contribution in [2.75, 3.05) is 24.2 Å². The lowest BCUT2D eigenvalue weighted by Crippen LogP contribution is -2.37. The smallest absolute Gasteiger partial charge is 0.238 e. The number of anilines is 2. The van der Waals surface area contributed by atoms with E-state index in [-0.39, 0.29) is 11.4 Å². The molecule has 8 heteroatoms. The zero-order valence-electron chi connectivity index (χ0n) is 9.92. The number of nitrogens with two attached hydrogens (primary N) is 2. The first kappa shape index (κ1) is 14.7. The van der Waals surface area contributed by atoms with Gasteiger partial charge in [-0.25, -0.2) is 13.6 Å². The molecule has 0 aliphatic carbocycles. The summed E-state index contributed by atoms with van der Waals surface area (Å²) < 4.78 is 22.3. The lowest BCUT2D eigenvalue weighted by molar-refractivity contribution is 0.0132. The van der Waals surface area contributed by atoms with Crippen molar-refractivity contribution >= 4 is 21.4 Å². The van der Waals surface area contributed by atoms with Gasteiger partial charge in [-0.15, -0.1) is 0 Å². The quantitative estimate of drug-likeness (QED) is 0.440. The number of nitrogens with one attached hydrogen (secondary N) is 1. The minimum Gasteiger partial charge on any atom is -0.397 e. The van der Waals surface area contributed by atoms with E-state index in [9.17, 15) is 13.5 Å². The second kappa shape index (κ2) is 5.11. The zero-order valence-corrected chi connectivity index (χ0v) is 10.7. The van der Waals surface area contributed by atoms with Crippen LogP contribution < -0.4 is 16.2 Å². The van der Waals surface area contributed by atoms with Crippen LogP contribution in [-0.4, -0.2) is 37.4 Å². The molecule has 7 N–H and O–H groups in total. The van der Waals surface area contributed by atoms with Gasteiger partial charge in [-0.2, -0.15) is 0 Å². The molecule has 1 aromatic rings. The molecule has 1 aromatic carbocycles. The molecular formula is C10H17N3O4S. The maximum Gasteiger partial charge on any atom is 0.238 e. The number of hydrogen-bond donors (Lipinski definition) is 5. The first-order chi connectivity index (χ1) is 8.15. The van der Waals surface area contributed by atoms with E-state index in [1.54, 1.807) is 0 Å². The minimum atomic E-state index is -3.81. The number of aliphatic hydroxyl groups excluding tert-OH is 1. The molecular weight excluding hydrogens is 258 g/mol. The molecule has 0 spiro atoms. The molecule has 7 nitrogen and oxygen atoms in total. The van der Waals surface area contributed by atoms with E-state index >= 15 is 0 Å². The van der Waals surface area contributed by atoms with Gasteiger partial charge in [-0.05, 0) is 25.1 Å². The van der Waals surface area contributed by atoms with Gasteiger partial charge in [-0.1, -0.05) is 0 Å². The van der Waals surface area contributed by atoms with Gasteiger partial charge >= 0.3 is 0 Å². The van der Waals surface area contributed by atoms with Gasteiger partial charge in [0.15, 0.2) is 0 Å². The molecule has 0 saturated heterocycles. The summed E-state index contributed by atoms with van der Waals surface area (Å²) in [6.45, 7) is 1.01. The second-order valence-corrected chi connectivity index (χ2v) is 5.86. The van der Waals surface area contributed by atoms with Crippen molar-refractivity contribution in [3.63, 3.8) is 0 Å². The van der Waals surface area contributed by atoms with Gasteiger partial charge in [-0.3, -0.25) is 0 Å². The largest absolute Gasteiger partial charge is 0.397 e. The van der Waals surface area contributed by atoms with Gasteiger partial charge in [0.25, 0.3) is 0 Å². The Hall–Kier alpha value is -1.35. The van der Waals surface area contributed by atoms with Crippen molar-refractivity contribution in [2.24, 2.45) is 5.14 Å². The summed E-state index contributed by atoms with van der Waals surface area (Å²) in [5.74, 6) is 0. The van der Waals surface area contributed by atoms with E-state index in [4.69, 9.17) is 16.0 Å². The summed E-state index contributed by atoms with van der Waals surface area (Å²) in [6.07, 6.45) is 0. The van der Waals surface area contributed by atoms with Crippen LogP contribution in [0.5, 0.6) is 0 Å². The number of aliphatic hydroxyl groups is 2. The third-order valence-electron chi connectivity index (χ3n) is 2.35. The summed E-state index contributed by atoms with van der Waals surface area (Å²) in [5, 5.41) is 26.3. The zero-order chi connectivity index (χ0) is 14.0. The Morgan fingerprint density at radius 1 is 1.44 bits per heavy atom. The summed E-state index contributed by atoms with van der Waals surface area (Å²) in [6, 6.07) is 3.97. The minimum absolute atomic E-state index is 0.0156. The molecule has 0 heterocycles. The Labute approximate surface area is 105 Å². The van der Waals surface area contributed by atoms with Crippen LogP contribution in [0.2, 0.25) is 0 Å². The predicted molar refractivity (Wildman–Crippen MR) is 68.4 cm³/mol. The SMILES string of the molecule is CC(O)(CO)CNc1cc(S(N)(=O)=O)ccc1N. The Kier molecular flexibility index (Phi) is 4.17. The molecule has 18 heavy (non-hydrogen) atoms. The number of primary sulfonamides is 1. The lowest BCUT2D eigenvalue weighted by Gasteiger charge is -2.22. The Morgan fingerprint density at radius 2 is 2.06 bits per heavy atom. The summed E-state index contributed by atoms with van der Waals surface area (Å²) in [4.78, 5) is -0.0807. The number of hydrogen-bond acceptors (Lipinski definition) is 6. The van der Waals surface area contributed by atoms with Crippen molar-refractivity contribution in [1.82, 2.24) is 0 Å². The fourth-order valence-corrected chi connectivity index (χ4v) is 1.75. The normalized spacial score (nSPS) is 15.1. The Morgan fingerprint density at radius 3 is 2.56 bits per heavy atom. The van der Waals surface area contributed by atoms with Crippen LogP contribution in [0.1, 0.15) is 6.92 Å². The fraction of sp³-hybridized carbons (Fsp3) is 0.400. The number of benzene rings is 1. The molecule has 0 aliphatic heterocycles. The molecule has 0 bridgehead atoms. The van der Waals surface area contributed by atoms with Gasteiger partial charge in [0, 0.05) is 6.54 Å². The van der Waals surface area contributed by atoms with Crippen LogP contribution in [0.25, 0.3) is 0 Å². The average molecular weight is 275 g/mol. The fourth-order valence-electron chi connectivity index (χ4n) is 1.21. The summed E-state index contributed by atoms with van der Waals surface area (Å²) in [5.41, 5.74) is 4.98. The molecule has 0 aromatic heterocycles. The van der Waals surface area contributed by atoms with E-state index in [1.165, 1.54) is 25.1 Å². The van der Waals surface area contributed by atoms with Gasteiger partial charge in [0.05, 0.1) is 22.9 Å². The average Bonchev–Trinajstić information content (AvgIpc) is 2.26. The van der Waals surface area contributed by atoms with Crippen molar-refractivity contribution in [1.29, 1.82) is 0 Å². The number of nitrogen functional groups attached to an aromatic ring is 1. The molecule has 1 unspecified atom stereocenters. The topological polar surface area (TPSA) is 139 Å². The van der Waals surface area contributed by atoms with Crippen molar-refractivity contribution in [3.8, 4) is 0 Å². The van der Waals surface area contributed by atoms with E-state index in [0.29, 0.717) is 11.4 Å². The van der Waals surface area contributed by atoms with Crippen LogP contribution in [0, 0.1) is 0 Å². The lowest BCUT2D eigenvalue weighted by atomic mass is 10.1. The van der Waals surface area contributed by atoms with Crippen LogP contribution >= 0.6 is 0 Å². The molecule has 102 valence electrons. The molecule has 0 radical (unpaired) electrons. The third kappa shape index (κ3) is 3.84. The number of sulfonamides is 1. The van der Waals surface area contributed by atoms with Gasteiger partial charge in [0.1, 0.15) is 5.60 Å². The third-order valence-corrected chi connectivity index (χ3v) is 3.26. The maximum absolute atomic E-state index is 11.2. The van der Waals surface area contributed by atoms with Crippen molar-refractivity contribution < 1.29 is 18.6 Å². The highest BCUT2D eigenvalue weighted by atomic mass is 32.2. The van der Waals surface area contributed by atoms with Gasteiger partial charge in [0.2, 0.25) is 10.0 Å². The highest BCUT2D eigenvalue weighted by Crippen LogP contribution is 2.22. The highest BCUT2D eigenvalue weighted by molar-refractivity contribution is 7.89. The van der Waals surface area contributed by atoms with Crippen LogP contribution in [0.3, 0.4) is 0 Å². The van der Waals surface area contributed by atoms with Crippen LogP contribution in [0.4, 0.5) is 11.4 Å². The van der Waals surface area contributed by atoms with Crippen molar-refractivity contribution in [2.45, 2.75) is 17.4 Å². The first-order valence-corrected chi connectivity index (χ1v) is 6.70. The summed E-state index contributed by atoms with van der Waals surface area (Å²) >= 11 is 0. The molecule has 0 aliphatic rings. The van der Waals surface area contributed by atoms with E-state index in [2.05, 4.69) is 5.32 Å². The highest BCUT2D eigenvalue weighted by Gasteiger charge is 2.19. The standard InChI is InChI=1S/C10H17N3O4S/c1-10(15,6-14)5-13-9-4-7(18(12,16)17)2-3-8(9)11/h2-4,13-15H,5-6,11H2,1H3,(H2,12,16,17). The second-order valence-electron chi connectivity index (χ2n) is 4.30. The first-order valence-electron chi connectivity index (χ1n) is 5.15. The molecule has 1 rings (SSSR count). The van der Waals surface area contributed by atoms with Crippen molar-refractivity contribution in [3.05, 3.63) is 18.2 Å². The van der Waals surface area contributed by atoms with E-state index in [0.717, 1.165) is 0 Å². The molecule has 0 fully saturated rings. The maximum atomic E-state index is 11.2. The van der Waals surface area contributed by atoms with E-state index in [1.807, 2.05) is 0 Å². The number of rotatable bonds is 5.